The summed E-state index contributed by atoms with van der Waals surface area (Å²) in [5.41, 5.74) is 0.284. The number of carbonyl (C=O) groups excluding carboxylic acids is 1. The first-order valence-corrected chi connectivity index (χ1v) is 7.99. The number of nitrogens with one attached hydrogen (secondary N) is 1. The molecule has 2 aliphatic rings. The van der Waals surface area contributed by atoms with Crippen molar-refractivity contribution in [2.24, 2.45) is 0 Å². The van der Waals surface area contributed by atoms with Crippen LogP contribution in [0, 0.1) is 0 Å². The minimum Gasteiger partial charge on any atom is -0.335 e. The Bertz CT molecular complexity index is 578. The Kier molecular flexibility index (Phi) is 3.02. The largest absolute Gasteiger partial charge is 0.335 e. The third-order valence-electron chi connectivity index (χ3n) is 3.50. The average molecular weight is 285 g/mol. The van der Waals surface area contributed by atoms with E-state index >= 15 is 0 Å². The van der Waals surface area contributed by atoms with Gasteiger partial charge in [-0.2, -0.15) is 0 Å². The van der Waals surface area contributed by atoms with Gasteiger partial charge in [0.05, 0.1) is 23.7 Å². The highest BCUT2D eigenvalue weighted by molar-refractivity contribution is 7.91. The van der Waals surface area contributed by atoms with Gasteiger partial charge in [-0.3, -0.25) is 4.79 Å². The van der Waals surface area contributed by atoms with Crippen molar-refractivity contribution in [2.75, 3.05) is 37.7 Å². The molecule has 2 aliphatic heterocycles. The number of hydrogen-bond donors (Lipinski definition) is 1. The van der Waals surface area contributed by atoms with E-state index in [0.29, 0.717) is 0 Å². The van der Waals surface area contributed by atoms with Crippen molar-refractivity contribution in [1.29, 1.82) is 0 Å². The minimum absolute atomic E-state index is 0.0272. The molecule has 0 saturated carbocycles. The molecule has 104 valence electrons. The summed E-state index contributed by atoms with van der Waals surface area (Å²) in [4.78, 5) is 13.7. The van der Waals surface area contributed by atoms with Crippen molar-refractivity contribution >= 4 is 15.7 Å². The van der Waals surface area contributed by atoms with Crippen LogP contribution in [0.5, 0.6) is 0 Å². The van der Waals surface area contributed by atoms with Crippen LogP contribution in [0.3, 0.4) is 0 Å². The topological polar surface area (TPSA) is 97.2 Å². The lowest BCUT2D eigenvalue weighted by Gasteiger charge is -2.27. The Morgan fingerprint density at radius 1 is 1.32 bits per heavy atom. The van der Waals surface area contributed by atoms with Crippen LogP contribution in [-0.4, -0.2) is 71.9 Å². The zero-order valence-corrected chi connectivity index (χ0v) is 11.1. The van der Waals surface area contributed by atoms with Crippen molar-refractivity contribution < 1.29 is 13.2 Å². The lowest BCUT2D eigenvalue weighted by Crippen LogP contribution is -2.44. The zero-order valence-electron chi connectivity index (χ0n) is 10.3. The van der Waals surface area contributed by atoms with Gasteiger partial charge >= 0.3 is 0 Å². The summed E-state index contributed by atoms with van der Waals surface area (Å²) >= 11 is 0. The van der Waals surface area contributed by atoms with Gasteiger partial charge in [-0.05, 0) is 0 Å². The highest BCUT2D eigenvalue weighted by atomic mass is 32.2. The lowest BCUT2D eigenvalue weighted by molar-refractivity contribution is 0.0764. The monoisotopic (exact) mass is 285 g/mol. The molecule has 0 radical (unpaired) electrons. The van der Waals surface area contributed by atoms with Gasteiger partial charge in [0, 0.05) is 26.2 Å². The Morgan fingerprint density at radius 3 is 2.58 bits per heavy atom. The maximum atomic E-state index is 12.2. The van der Waals surface area contributed by atoms with E-state index in [1.54, 1.807) is 10.9 Å². The summed E-state index contributed by atoms with van der Waals surface area (Å²) in [7, 11) is -2.98. The van der Waals surface area contributed by atoms with Gasteiger partial charge in [0.15, 0.2) is 15.5 Å². The Morgan fingerprint density at radius 2 is 2.00 bits per heavy atom. The quantitative estimate of drug-likeness (QED) is 0.695. The SMILES string of the molecule is O=C(c1cn(C2CNC2)nn1)N1CCS(=O)(=O)CC1. The maximum absolute atomic E-state index is 12.2. The predicted octanol–water partition coefficient (Wildman–Crippen LogP) is -1.71. The van der Waals surface area contributed by atoms with Crippen molar-refractivity contribution in [3.63, 3.8) is 0 Å². The number of nitrogens with zero attached hydrogens (tertiary/aromatic N) is 4. The van der Waals surface area contributed by atoms with E-state index in [1.165, 1.54) is 4.90 Å². The molecule has 0 bridgehead atoms. The smallest absolute Gasteiger partial charge is 0.276 e. The molecule has 0 unspecified atom stereocenters. The van der Waals surface area contributed by atoms with Crippen LogP contribution in [0.25, 0.3) is 0 Å². The van der Waals surface area contributed by atoms with Crippen LogP contribution in [-0.2, 0) is 9.84 Å². The fourth-order valence-electron chi connectivity index (χ4n) is 2.09. The van der Waals surface area contributed by atoms with Gasteiger partial charge in [0.2, 0.25) is 0 Å². The molecule has 3 rings (SSSR count). The van der Waals surface area contributed by atoms with Crippen LogP contribution >= 0.6 is 0 Å². The second kappa shape index (κ2) is 4.57. The maximum Gasteiger partial charge on any atom is 0.276 e. The van der Waals surface area contributed by atoms with E-state index in [1.807, 2.05) is 0 Å². The van der Waals surface area contributed by atoms with Gasteiger partial charge < -0.3 is 10.2 Å². The van der Waals surface area contributed by atoms with Gasteiger partial charge in [0.1, 0.15) is 0 Å². The molecule has 1 aromatic rings. The summed E-state index contributed by atoms with van der Waals surface area (Å²) in [5, 5.41) is 10.9. The molecule has 0 aromatic carbocycles. The van der Waals surface area contributed by atoms with Gasteiger partial charge in [-0.1, -0.05) is 5.21 Å². The number of amides is 1. The summed E-state index contributed by atoms with van der Waals surface area (Å²) in [6.07, 6.45) is 1.64. The van der Waals surface area contributed by atoms with Crippen LogP contribution in [0.1, 0.15) is 16.5 Å². The molecule has 2 saturated heterocycles. The Labute approximate surface area is 110 Å². The molecule has 1 aromatic heterocycles. The summed E-state index contributed by atoms with van der Waals surface area (Å²) in [5.74, 6) is -0.188. The molecular weight excluding hydrogens is 270 g/mol. The highest BCUT2D eigenvalue weighted by Crippen LogP contribution is 2.12. The second-order valence-corrected chi connectivity index (χ2v) is 7.14. The molecule has 0 atom stereocenters. The number of aromatic nitrogens is 3. The number of hydrogen-bond acceptors (Lipinski definition) is 6. The molecule has 2 fully saturated rings. The standard InChI is InChI=1S/C10H15N5O3S/c16-10(14-1-3-19(17,18)4-2-14)9-7-15(13-12-9)8-5-11-6-8/h7-8,11H,1-6H2. The fourth-order valence-corrected chi connectivity index (χ4v) is 3.29. The predicted molar refractivity (Wildman–Crippen MR) is 66.5 cm³/mol. The van der Waals surface area contributed by atoms with Crippen LogP contribution in [0.2, 0.25) is 0 Å². The summed E-state index contributed by atoms with van der Waals surface area (Å²) < 4.78 is 24.3. The van der Waals surface area contributed by atoms with Crippen LogP contribution in [0.15, 0.2) is 6.20 Å². The van der Waals surface area contributed by atoms with Crippen LogP contribution < -0.4 is 5.32 Å². The van der Waals surface area contributed by atoms with E-state index in [2.05, 4.69) is 15.6 Å². The number of rotatable bonds is 2. The molecule has 3 heterocycles. The minimum atomic E-state index is -2.98. The van der Waals surface area contributed by atoms with Gasteiger partial charge in [0.25, 0.3) is 5.91 Å². The molecule has 1 N–H and O–H groups in total. The van der Waals surface area contributed by atoms with Crippen LogP contribution in [0.4, 0.5) is 0 Å². The average Bonchev–Trinajstić information content (AvgIpc) is 2.75. The van der Waals surface area contributed by atoms with E-state index in [9.17, 15) is 13.2 Å². The van der Waals surface area contributed by atoms with Crippen molar-refractivity contribution in [3.05, 3.63) is 11.9 Å². The second-order valence-electron chi connectivity index (χ2n) is 4.84. The first-order valence-electron chi connectivity index (χ1n) is 6.17. The van der Waals surface area contributed by atoms with Crippen molar-refractivity contribution in [3.8, 4) is 0 Å². The normalized spacial score (nSPS) is 23.1. The van der Waals surface area contributed by atoms with E-state index in [4.69, 9.17) is 0 Å². The van der Waals surface area contributed by atoms with Crippen molar-refractivity contribution in [2.45, 2.75) is 6.04 Å². The Hall–Kier alpha value is -1.48. The molecule has 0 spiro atoms. The number of carbonyl (C=O) groups is 1. The summed E-state index contributed by atoms with van der Waals surface area (Å²) in [6, 6.07) is 0.260. The summed E-state index contributed by atoms with van der Waals surface area (Å²) in [6.45, 7) is 2.13. The van der Waals surface area contributed by atoms with E-state index < -0.39 is 9.84 Å². The third kappa shape index (κ3) is 2.47. The Balaban J connectivity index is 1.68. The van der Waals surface area contributed by atoms with E-state index in [0.717, 1.165) is 13.1 Å². The fraction of sp³-hybridized carbons (Fsp3) is 0.700. The molecule has 1 amide bonds. The zero-order chi connectivity index (χ0) is 13.5. The molecule has 19 heavy (non-hydrogen) atoms. The molecule has 8 nitrogen and oxygen atoms in total. The van der Waals surface area contributed by atoms with E-state index in [-0.39, 0.29) is 42.2 Å². The molecular formula is C10H15N5O3S. The molecule has 0 aliphatic carbocycles. The first kappa shape index (κ1) is 12.5. The number of sulfone groups is 1. The van der Waals surface area contributed by atoms with Crippen molar-refractivity contribution in [1.82, 2.24) is 25.2 Å². The third-order valence-corrected chi connectivity index (χ3v) is 5.10. The van der Waals surface area contributed by atoms with Gasteiger partial charge in [-0.25, -0.2) is 13.1 Å². The van der Waals surface area contributed by atoms with Gasteiger partial charge in [-0.15, -0.1) is 5.10 Å². The lowest BCUT2D eigenvalue weighted by atomic mass is 10.2. The highest BCUT2D eigenvalue weighted by Gasteiger charge is 2.28. The first-order chi connectivity index (χ1) is 9.05. The molecule has 9 heteroatoms.